The van der Waals surface area contributed by atoms with E-state index < -0.39 is 10.0 Å². The molecule has 0 aliphatic carbocycles. The van der Waals surface area contributed by atoms with Crippen molar-refractivity contribution in [2.24, 2.45) is 5.14 Å². The summed E-state index contributed by atoms with van der Waals surface area (Å²) in [4.78, 5) is 3.96. The maximum absolute atomic E-state index is 11.5. The van der Waals surface area contributed by atoms with Gasteiger partial charge in [-0.25, -0.2) is 18.5 Å². The normalized spacial score (nSPS) is 11.8. The standard InChI is InChI=1S/C10H8Cl2N2O2S2/c1-5-4-6(11)7(10-14-2-3-17-10)8(12)9(5)18(13,15)16/h2-4H,1H3,(H2,13,15,16). The molecule has 0 saturated heterocycles. The fraction of sp³-hybridized carbons (Fsp3) is 0.100. The minimum atomic E-state index is -3.91. The van der Waals surface area contributed by atoms with E-state index in [0.29, 0.717) is 21.2 Å². The predicted molar refractivity (Wildman–Crippen MR) is 73.7 cm³/mol. The summed E-state index contributed by atoms with van der Waals surface area (Å²) in [6.45, 7) is 1.59. The highest BCUT2D eigenvalue weighted by molar-refractivity contribution is 7.89. The third-order valence-electron chi connectivity index (χ3n) is 2.29. The molecule has 2 aromatic rings. The number of hydrogen-bond donors (Lipinski definition) is 1. The molecular formula is C10H8Cl2N2O2S2. The summed E-state index contributed by atoms with van der Waals surface area (Å²) >= 11 is 13.5. The molecule has 0 bridgehead atoms. The van der Waals surface area contributed by atoms with Gasteiger partial charge in [0.1, 0.15) is 9.90 Å². The molecule has 1 aromatic heterocycles. The number of hydrogen-bond acceptors (Lipinski definition) is 4. The van der Waals surface area contributed by atoms with Crippen LogP contribution in [0.25, 0.3) is 10.6 Å². The lowest BCUT2D eigenvalue weighted by atomic mass is 10.1. The van der Waals surface area contributed by atoms with Crippen molar-refractivity contribution in [2.45, 2.75) is 11.8 Å². The van der Waals surface area contributed by atoms with Crippen molar-refractivity contribution < 1.29 is 8.42 Å². The Morgan fingerprint density at radius 3 is 2.56 bits per heavy atom. The van der Waals surface area contributed by atoms with Gasteiger partial charge in [-0.1, -0.05) is 23.2 Å². The van der Waals surface area contributed by atoms with Gasteiger partial charge in [0.15, 0.2) is 0 Å². The number of benzene rings is 1. The molecule has 0 spiro atoms. The molecule has 1 aromatic carbocycles. The Labute approximate surface area is 118 Å². The molecule has 0 aliphatic rings. The second kappa shape index (κ2) is 4.79. The molecule has 0 unspecified atom stereocenters. The van der Waals surface area contributed by atoms with Crippen molar-refractivity contribution in [3.05, 3.63) is 33.3 Å². The topological polar surface area (TPSA) is 73.0 Å². The van der Waals surface area contributed by atoms with E-state index in [2.05, 4.69) is 4.98 Å². The van der Waals surface area contributed by atoms with Gasteiger partial charge in [0.05, 0.1) is 10.0 Å². The molecule has 1 heterocycles. The lowest BCUT2D eigenvalue weighted by molar-refractivity contribution is 0.597. The molecule has 0 saturated carbocycles. The zero-order valence-corrected chi connectivity index (χ0v) is 12.3. The van der Waals surface area contributed by atoms with E-state index in [4.69, 9.17) is 28.3 Å². The van der Waals surface area contributed by atoms with Crippen LogP contribution in [0.3, 0.4) is 0 Å². The summed E-state index contributed by atoms with van der Waals surface area (Å²) in [5.74, 6) is 0. The smallest absolute Gasteiger partial charge is 0.239 e. The van der Waals surface area contributed by atoms with E-state index in [9.17, 15) is 8.42 Å². The number of aryl methyl sites for hydroxylation is 1. The molecule has 0 aliphatic heterocycles. The first-order valence-corrected chi connectivity index (χ1v) is 7.92. The number of nitrogens with zero attached hydrogens (tertiary/aromatic N) is 1. The average Bonchev–Trinajstić information content (AvgIpc) is 2.67. The van der Waals surface area contributed by atoms with Crippen molar-refractivity contribution >= 4 is 44.6 Å². The van der Waals surface area contributed by atoms with Gasteiger partial charge in [0, 0.05) is 17.1 Å². The Kier molecular flexibility index (Phi) is 3.66. The van der Waals surface area contributed by atoms with Gasteiger partial charge < -0.3 is 0 Å². The summed E-state index contributed by atoms with van der Waals surface area (Å²) in [5.41, 5.74) is 0.802. The van der Waals surface area contributed by atoms with Crippen molar-refractivity contribution in [3.8, 4) is 10.6 Å². The minimum absolute atomic E-state index is 0.0115. The van der Waals surface area contributed by atoms with Crippen LogP contribution in [0.2, 0.25) is 10.0 Å². The molecule has 18 heavy (non-hydrogen) atoms. The van der Waals surface area contributed by atoms with Gasteiger partial charge >= 0.3 is 0 Å². The van der Waals surface area contributed by atoms with Gasteiger partial charge in [-0.3, -0.25) is 0 Å². The highest BCUT2D eigenvalue weighted by Gasteiger charge is 2.23. The second-order valence-corrected chi connectivity index (χ2v) is 6.75. The summed E-state index contributed by atoms with van der Waals surface area (Å²) in [7, 11) is -3.91. The fourth-order valence-corrected chi connectivity index (χ4v) is 4.34. The highest BCUT2D eigenvalue weighted by Crippen LogP contribution is 2.40. The minimum Gasteiger partial charge on any atom is -0.244 e. The summed E-state index contributed by atoms with van der Waals surface area (Å²) in [5, 5.41) is 7.82. The predicted octanol–water partition coefficient (Wildman–Crippen LogP) is 3.07. The summed E-state index contributed by atoms with van der Waals surface area (Å²) in [6, 6.07) is 1.52. The third-order valence-corrected chi connectivity index (χ3v) is 4.96. The largest absolute Gasteiger partial charge is 0.244 e. The summed E-state index contributed by atoms with van der Waals surface area (Å²) in [6.07, 6.45) is 1.59. The van der Waals surface area contributed by atoms with Gasteiger partial charge in [0.25, 0.3) is 0 Å². The van der Waals surface area contributed by atoms with Crippen LogP contribution < -0.4 is 5.14 Å². The lowest BCUT2D eigenvalue weighted by Gasteiger charge is -2.11. The number of nitrogens with two attached hydrogens (primary N) is 1. The second-order valence-electron chi connectivity index (χ2n) is 3.58. The molecule has 2 rings (SSSR count). The van der Waals surface area contributed by atoms with E-state index in [1.165, 1.54) is 17.4 Å². The Morgan fingerprint density at radius 1 is 1.39 bits per heavy atom. The number of rotatable bonds is 2. The molecule has 0 fully saturated rings. The van der Waals surface area contributed by atoms with Gasteiger partial charge in [-0.15, -0.1) is 11.3 Å². The average molecular weight is 323 g/mol. The molecule has 8 heteroatoms. The maximum atomic E-state index is 11.5. The SMILES string of the molecule is Cc1cc(Cl)c(-c2nccs2)c(Cl)c1S(N)(=O)=O. The van der Waals surface area contributed by atoms with Gasteiger partial charge in [-0.2, -0.15) is 0 Å². The third kappa shape index (κ3) is 2.39. The molecule has 0 radical (unpaired) electrons. The van der Waals surface area contributed by atoms with Crippen molar-refractivity contribution in [2.75, 3.05) is 0 Å². The van der Waals surface area contributed by atoms with Crippen molar-refractivity contribution in [1.29, 1.82) is 0 Å². The first-order chi connectivity index (χ1) is 8.32. The van der Waals surface area contributed by atoms with E-state index in [1.807, 2.05) is 0 Å². The van der Waals surface area contributed by atoms with Crippen LogP contribution in [0.1, 0.15) is 5.56 Å². The molecular weight excluding hydrogens is 315 g/mol. The van der Waals surface area contributed by atoms with Crippen molar-refractivity contribution in [3.63, 3.8) is 0 Å². The molecule has 96 valence electrons. The van der Waals surface area contributed by atoms with Crippen LogP contribution in [0.15, 0.2) is 22.5 Å². The van der Waals surface area contributed by atoms with Crippen LogP contribution in [-0.4, -0.2) is 13.4 Å². The van der Waals surface area contributed by atoms with Gasteiger partial charge in [-0.05, 0) is 18.6 Å². The number of primary sulfonamides is 1. The van der Waals surface area contributed by atoms with E-state index in [-0.39, 0.29) is 9.92 Å². The van der Waals surface area contributed by atoms with Crippen LogP contribution in [-0.2, 0) is 10.0 Å². The van der Waals surface area contributed by atoms with Crippen LogP contribution in [0.5, 0.6) is 0 Å². The van der Waals surface area contributed by atoms with Crippen molar-refractivity contribution in [1.82, 2.24) is 4.98 Å². The molecule has 0 atom stereocenters. The van der Waals surface area contributed by atoms with Crippen LogP contribution in [0.4, 0.5) is 0 Å². The van der Waals surface area contributed by atoms with Crippen LogP contribution in [0, 0.1) is 6.92 Å². The Hall–Kier alpha value is -0.660. The van der Waals surface area contributed by atoms with E-state index >= 15 is 0 Å². The first-order valence-electron chi connectivity index (χ1n) is 4.73. The lowest BCUT2D eigenvalue weighted by Crippen LogP contribution is -2.14. The maximum Gasteiger partial charge on any atom is 0.239 e. The zero-order valence-electron chi connectivity index (χ0n) is 9.15. The molecule has 0 amide bonds. The highest BCUT2D eigenvalue weighted by atomic mass is 35.5. The summed E-state index contributed by atoms with van der Waals surface area (Å²) < 4.78 is 23.1. The van der Waals surface area contributed by atoms with E-state index in [0.717, 1.165) is 0 Å². The number of aromatic nitrogens is 1. The first kappa shape index (κ1) is 13.8. The van der Waals surface area contributed by atoms with Gasteiger partial charge in [0.2, 0.25) is 10.0 Å². The number of sulfonamides is 1. The molecule has 4 nitrogen and oxygen atoms in total. The zero-order chi connectivity index (χ0) is 13.5. The Morgan fingerprint density at radius 2 is 2.06 bits per heavy atom. The number of halogens is 2. The quantitative estimate of drug-likeness (QED) is 0.923. The number of thiazole rings is 1. The van der Waals surface area contributed by atoms with Crippen LogP contribution >= 0.6 is 34.5 Å². The monoisotopic (exact) mass is 322 g/mol. The Bertz CT molecular complexity index is 697. The molecule has 2 N–H and O–H groups in total. The fourth-order valence-electron chi connectivity index (χ4n) is 1.61. The Balaban J connectivity index is 2.85. The van der Waals surface area contributed by atoms with E-state index in [1.54, 1.807) is 18.5 Å².